The lowest BCUT2D eigenvalue weighted by atomic mass is 9.95. The largest absolute Gasteiger partial charge is 0.308 e. The summed E-state index contributed by atoms with van der Waals surface area (Å²) in [7, 11) is 0. The molecule has 0 aliphatic carbocycles. The SMILES string of the molecule is CCCCCN(Cc1cccc(C)n1)C[C@H]1Cc2ccccc2CN1. The van der Waals surface area contributed by atoms with Crippen molar-refractivity contribution >= 4 is 0 Å². The minimum absolute atomic E-state index is 0.529. The molecule has 134 valence electrons. The van der Waals surface area contributed by atoms with Gasteiger partial charge in [-0.3, -0.25) is 9.88 Å². The molecule has 25 heavy (non-hydrogen) atoms. The first-order chi connectivity index (χ1) is 12.2. The van der Waals surface area contributed by atoms with E-state index in [1.165, 1.54) is 36.1 Å². The van der Waals surface area contributed by atoms with Crippen LogP contribution in [0, 0.1) is 6.92 Å². The highest BCUT2D eigenvalue weighted by Crippen LogP contribution is 2.17. The molecule has 0 saturated heterocycles. The summed E-state index contributed by atoms with van der Waals surface area (Å²) in [6, 6.07) is 15.7. The van der Waals surface area contributed by atoms with Gasteiger partial charge in [0.25, 0.3) is 0 Å². The summed E-state index contributed by atoms with van der Waals surface area (Å²) in [5.74, 6) is 0. The lowest BCUT2D eigenvalue weighted by Crippen LogP contribution is -2.44. The van der Waals surface area contributed by atoms with Crippen molar-refractivity contribution in [1.29, 1.82) is 0 Å². The van der Waals surface area contributed by atoms with Crippen molar-refractivity contribution in [3.63, 3.8) is 0 Å². The van der Waals surface area contributed by atoms with Crippen LogP contribution < -0.4 is 5.32 Å². The maximum Gasteiger partial charge on any atom is 0.0547 e. The van der Waals surface area contributed by atoms with E-state index in [9.17, 15) is 0 Å². The number of hydrogen-bond donors (Lipinski definition) is 1. The first kappa shape index (κ1) is 18.1. The molecule has 1 aliphatic heterocycles. The molecule has 3 nitrogen and oxygen atoms in total. The fourth-order valence-electron chi connectivity index (χ4n) is 3.70. The second kappa shape index (κ2) is 9.12. The smallest absolute Gasteiger partial charge is 0.0547 e. The van der Waals surface area contributed by atoms with E-state index in [1.807, 2.05) is 0 Å². The number of pyridine rings is 1. The number of benzene rings is 1. The third-order valence-electron chi connectivity index (χ3n) is 5.05. The number of hydrogen-bond acceptors (Lipinski definition) is 3. The van der Waals surface area contributed by atoms with Gasteiger partial charge in [0.15, 0.2) is 0 Å². The van der Waals surface area contributed by atoms with Crippen molar-refractivity contribution in [1.82, 2.24) is 15.2 Å². The van der Waals surface area contributed by atoms with E-state index < -0.39 is 0 Å². The van der Waals surface area contributed by atoms with Crippen LogP contribution in [-0.4, -0.2) is 29.0 Å². The molecule has 3 heteroatoms. The van der Waals surface area contributed by atoms with Gasteiger partial charge in [-0.2, -0.15) is 0 Å². The monoisotopic (exact) mass is 337 g/mol. The average molecular weight is 338 g/mol. The molecule has 1 atom stereocenters. The molecule has 0 radical (unpaired) electrons. The van der Waals surface area contributed by atoms with Gasteiger partial charge in [-0.05, 0) is 49.6 Å². The topological polar surface area (TPSA) is 28.2 Å². The molecular weight excluding hydrogens is 306 g/mol. The van der Waals surface area contributed by atoms with Crippen LogP contribution in [0.25, 0.3) is 0 Å². The molecule has 1 N–H and O–H groups in total. The molecule has 0 bridgehead atoms. The Morgan fingerprint density at radius 1 is 1.08 bits per heavy atom. The van der Waals surface area contributed by atoms with Gasteiger partial charge in [-0.25, -0.2) is 0 Å². The van der Waals surface area contributed by atoms with Crippen LogP contribution in [0.3, 0.4) is 0 Å². The average Bonchev–Trinajstić information content (AvgIpc) is 2.62. The number of rotatable bonds is 8. The molecule has 2 heterocycles. The van der Waals surface area contributed by atoms with Crippen LogP contribution in [0.15, 0.2) is 42.5 Å². The van der Waals surface area contributed by atoms with Crippen molar-refractivity contribution < 1.29 is 0 Å². The predicted molar refractivity (Wildman–Crippen MR) is 105 cm³/mol. The summed E-state index contributed by atoms with van der Waals surface area (Å²) in [6.45, 7) is 8.53. The molecule has 0 spiro atoms. The third-order valence-corrected chi connectivity index (χ3v) is 5.05. The lowest BCUT2D eigenvalue weighted by molar-refractivity contribution is 0.221. The van der Waals surface area contributed by atoms with E-state index in [0.717, 1.165) is 38.3 Å². The second-order valence-electron chi connectivity index (χ2n) is 7.26. The number of aromatic nitrogens is 1. The van der Waals surface area contributed by atoms with Crippen LogP contribution in [0.4, 0.5) is 0 Å². The van der Waals surface area contributed by atoms with Gasteiger partial charge in [-0.15, -0.1) is 0 Å². The summed E-state index contributed by atoms with van der Waals surface area (Å²) >= 11 is 0. The Hall–Kier alpha value is -1.71. The molecule has 2 aromatic rings. The third kappa shape index (κ3) is 5.38. The van der Waals surface area contributed by atoms with E-state index in [0.29, 0.717) is 6.04 Å². The van der Waals surface area contributed by atoms with Crippen molar-refractivity contribution in [2.75, 3.05) is 13.1 Å². The Morgan fingerprint density at radius 2 is 1.92 bits per heavy atom. The molecule has 0 fully saturated rings. The van der Waals surface area contributed by atoms with Crippen LogP contribution in [0.5, 0.6) is 0 Å². The van der Waals surface area contributed by atoms with Crippen molar-refractivity contribution in [2.45, 2.75) is 58.7 Å². The van der Waals surface area contributed by atoms with Gasteiger partial charge in [-0.1, -0.05) is 50.1 Å². The summed E-state index contributed by atoms with van der Waals surface area (Å²) < 4.78 is 0. The Balaban J connectivity index is 1.63. The number of nitrogens with zero attached hydrogens (tertiary/aromatic N) is 2. The molecule has 1 aromatic heterocycles. The molecule has 0 amide bonds. The van der Waals surface area contributed by atoms with Gasteiger partial charge in [0.1, 0.15) is 0 Å². The number of nitrogens with one attached hydrogen (secondary N) is 1. The quantitative estimate of drug-likeness (QED) is 0.735. The highest BCUT2D eigenvalue weighted by atomic mass is 15.2. The summed E-state index contributed by atoms with van der Waals surface area (Å²) in [6.07, 6.45) is 4.97. The van der Waals surface area contributed by atoms with Crippen molar-refractivity contribution in [2.24, 2.45) is 0 Å². The van der Waals surface area contributed by atoms with Gasteiger partial charge in [0.05, 0.1) is 5.69 Å². The van der Waals surface area contributed by atoms with E-state index in [2.05, 4.69) is 66.5 Å². The molecule has 1 aliphatic rings. The normalized spacial score (nSPS) is 16.8. The number of fused-ring (bicyclic) bond motifs is 1. The van der Waals surface area contributed by atoms with Gasteiger partial charge in [0.2, 0.25) is 0 Å². The van der Waals surface area contributed by atoms with Gasteiger partial charge < -0.3 is 5.32 Å². The first-order valence-corrected chi connectivity index (χ1v) is 9.69. The van der Waals surface area contributed by atoms with E-state index in [1.54, 1.807) is 0 Å². The Kier molecular flexibility index (Phi) is 6.60. The van der Waals surface area contributed by atoms with Crippen LogP contribution in [0.2, 0.25) is 0 Å². The summed E-state index contributed by atoms with van der Waals surface area (Å²) in [5.41, 5.74) is 5.26. The van der Waals surface area contributed by atoms with E-state index in [4.69, 9.17) is 4.98 Å². The minimum atomic E-state index is 0.529. The fraction of sp³-hybridized carbons (Fsp3) is 0.500. The van der Waals surface area contributed by atoms with Crippen molar-refractivity contribution in [3.8, 4) is 0 Å². The van der Waals surface area contributed by atoms with Crippen LogP contribution >= 0.6 is 0 Å². The highest BCUT2D eigenvalue weighted by Gasteiger charge is 2.20. The van der Waals surface area contributed by atoms with Crippen LogP contribution in [-0.2, 0) is 19.5 Å². The zero-order valence-electron chi connectivity index (χ0n) is 15.7. The molecule has 3 rings (SSSR count). The summed E-state index contributed by atoms with van der Waals surface area (Å²) in [5, 5.41) is 3.73. The predicted octanol–water partition coefficient (Wildman–Crippen LogP) is 4.10. The van der Waals surface area contributed by atoms with E-state index in [-0.39, 0.29) is 0 Å². The zero-order valence-corrected chi connectivity index (χ0v) is 15.7. The van der Waals surface area contributed by atoms with Crippen LogP contribution in [0.1, 0.15) is 48.7 Å². The number of unbranched alkanes of at least 4 members (excludes halogenated alkanes) is 2. The Morgan fingerprint density at radius 3 is 2.72 bits per heavy atom. The van der Waals surface area contributed by atoms with Gasteiger partial charge in [0, 0.05) is 31.4 Å². The fourth-order valence-corrected chi connectivity index (χ4v) is 3.70. The van der Waals surface area contributed by atoms with Gasteiger partial charge >= 0.3 is 0 Å². The first-order valence-electron chi connectivity index (χ1n) is 9.69. The molecule has 1 aromatic carbocycles. The standard InChI is InChI=1S/C22H31N3/c1-3-4-7-13-25(16-21-12-8-9-18(2)24-21)17-22-14-19-10-5-6-11-20(19)15-23-22/h5-6,8-12,22-23H,3-4,7,13-17H2,1-2H3/t22-/m1/s1. The van der Waals surface area contributed by atoms with Crippen molar-refractivity contribution in [3.05, 3.63) is 65.0 Å². The Labute approximate surface area is 152 Å². The maximum atomic E-state index is 4.71. The summed E-state index contributed by atoms with van der Waals surface area (Å²) in [4.78, 5) is 7.29. The highest BCUT2D eigenvalue weighted by molar-refractivity contribution is 5.30. The number of aryl methyl sites for hydroxylation is 1. The second-order valence-corrected chi connectivity index (χ2v) is 7.26. The lowest BCUT2D eigenvalue weighted by Gasteiger charge is -2.31. The molecule has 0 unspecified atom stereocenters. The molecular formula is C22H31N3. The molecule has 0 saturated carbocycles. The zero-order chi connectivity index (χ0) is 17.5. The Bertz CT molecular complexity index is 668. The minimum Gasteiger partial charge on any atom is -0.308 e. The van der Waals surface area contributed by atoms with E-state index >= 15 is 0 Å². The maximum absolute atomic E-state index is 4.71.